The summed E-state index contributed by atoms with van der Waals surface area (Å²) >= 11 is 0. The lowest BCUT2D eigenvalue weighted by Crippen LogP contribution is -2.10. The van der Waals surface area contributed by atoms with Gasteiger partial charge in [-0.1, -0.05) is 43.3 Å². The van der Waals surface area contributed by atoms with Gasteiger partial charge < -0.3 is 9.09 Å². The number of pyridine rings is 1. The van der Waals surface area contributed by atoms with E-state index in [0.717, 1.165) is 5.56 Å². The van der Waals surface area contributed by atoms with E-state index in [2.05, 4.69) is 24.0 Å². The largest absolute Gasteiger partial charge is 0.350 e. The first-order valence-corrected chi connectivity index (χ1v) is 8.67. The van der Waals surface area contributed by atoms with Gasteiger partial charge >= 0.3 is 0 Å². The monoisotopic (exact) mass is 363 g/mol. The number of aromatic nitrogens is 3. The summed E-state index contributed by atoms with van der Waals surface area (Å²) in [5.41, 5.74) is 2.56. The van der Waals surface area contributed by atoms with Gasteiger partial charge in [0.05, 0.1) is 5.52 Å². The standard InChI is InChI=1S/C21H18FN3O2/c1-12(2)13-4-6-14(7-5-13)20-23-21(27-24-20)17-11-25(3)18-9-8-15(22)10-16(18)19(17)26/h4-12H,1-3H3. The maximum Gasteiger partial charge on any atom is 0.263 e. The third-order valence-electron chi connectivity index (χ3n) is 4.64. The van der Waals surface area contributed by atoms with Crippen molar-refractivity contribution in [2.24, 2.45) is 7.05 Å². The minimum atomic E-state index is -0.465. The van der Waals surface area contributed by atoms with Crippen molar-refractivity contribution in [1.82, 2.24) is 14.7 Å². The maximum absolute atomic E-state index is 13.6. The number of nitrogens with zero attached hydrogens (tertiary/aromatic N) is 3. The average Bonchev–Trinajstić information content (AvgIpc) is 3.14. The molecule has 136 valence electrons. The molecule has 0 saturated carbocycles. The SMILES string of the molecule is CC(C)c1ccc(-c2noc(-c3cn(C)c4ccc(F)cc4c3=O)n2)cc1. The molecule has 2 heterocycles. The average molecular weight is 363 g/mol. The Morgan fingerprint density at radius 3 is 2.56 bits per heavy atom. The smallest absolute Gasteiger partial charge is 0.263 e. The molecule has 0 bridgehead atoms. The van der Waals surface area contributed by atoms with Crippen molar-refractivity contribution in [2.75, 3.05) is 0 Å². The van der Waals surface area contributed by atoms with Crippen molar-refractivity contribution in [3.8, 4) is 22.8 Å². The molecule has 0 atom stereocenters. The highest BCUT2D eigenvalue weighted by atomic mass is 19.1. The second-order valence-corrected chi connectivity index (χ2v) is 6.84. The van der Waals surface area contributed by atoms with Crippen LogP contribution in [0.1, 0.15) is 25.3 Å². The maximum atomic E-state index is 13.6. The fourth-order valence-corrected chi connectivity index (χ4v) is 3.08. The van der Waals surface area contributed by atoms with Crippen molar-refractivity contribution in [2.45, 2.75) is 19.8 Å². The summed E-state index contributed by atoms with van der Waals surface area (Å²) in [7, 11) is 1.78. The molecular weight excluding hydrogens is 345 g/mol. The summed E-state index contributed by atoms with van der Waals surface area (Å²) in [6.45, 7) is 4.25. The predicted molar refractivity (Wildman–Crippen MR) is 102 cm³/mol. The first kappa shape index (κ1) is 17.1. The number of benzene rings is 2. The Balaban J connectivity index is 1.79. The van der Waals surface area contributed by atoms with Crippen LogP contribution in [0.4, 0.5) is 4.39 Å². The highest BCUT2D eigenvalue weighted by molar-refractivity contribution is 5.82. The minimum absolute atomic E-state index is 0.115. The second kappa shape index (κ2) is 6.46. The van der Waals surface area contributed by atoms with Crippen LogP contribution in [0.3, 0.4) is 0 Å². The molecular formula is C21H18FN3O2. The van der Waals surface area contributed by atoms with Crippen molar-refractivity contribution in [1.29, 1.82) is 0 Å². The lowest BCUT2D eigenvalue weighted by atomic mass is 10.0. The molecule has 0 amide bonds. The fourth-order valence-electron chi connectivity index (χ4n) is 3.08. The Bertz CT molecular complexity index is 1190. The number of halogens is 1. The second-order valence-electron chi connectivity index (χ2n) is 6.84. The van der Waals surface area contributed by atoms with E-state index in [1.807, 2.05) is 24.3 Å². The lowest BCUT2D eigenvalue weighted by Gasteiger charge is -2.06. The summed E-state index contributed by atoms with van der Waals surface area (Å²) in [6, 6.07) is 12.0. The molecule has 0 saturated heterocycles. The molecule has 0 N–H and O–H groups in total. The highest BCUT2D eigenvalue weighted by Crippen LogP contribution is 2.24. The quantitative estimate of drug-likeness (QED) is 0.537. The molecule has 6 heteroatoms. The van der Waals surface area contributed by atoms with E-state index < -0.39 is 5.82 Å². The fraction of sp³-hybridized carbons (Fsp3) is 0.190. The Morgan fingerprint density at radius 1 is 1.11 bits per heavy atom. The Labute approximate surface area is 155 Å². The van der Waals surface area contributed by atoms with Crippen LogP contribution >= 0.6 is 0 Å². The van der Waals surface area contributed by atoms with E-state index in [1.165, 1.54) is 17.7 Å². The molecule has 2 aromatic carbocycles. The van der Waals surface area contributed by atoms with E-state index in [4.69, 9.17) is 4.52 Å². The Kier molecular flexibility index (Phi) is 4.11. The number of aryl methyl sites for hydroxylation is 1. The van der Waals surface area contributed by atoms with Crippen LogP contribution in [0, 0.1) is 5.82 Å². The van der Waals surface area contributed by atoms with Gasteiger partial charge in [-0.25, -0.2) is 4.39 Å². The van der Waals surface area contributed by atoms with Gasteiger partial charge in [0.15, 0.2) is 0 Å². The Morgan fingerprint density at radius 2 is 1.85 bits per heavy atom. The van der Waals surface area contributed by atoms with E-state index in [9.17, 15) is 9.18 Å². The van der Waals surface area contributed by atoms with Gasteiger partial charge in [-0.15, -0.1) is 0 Å². The van der Waals surface area contributed by atoms with Crippen LogP contribution in [0.2, 0.25) is 0 Å². The van der Waals surface area contributed by atoms with E-state index in [1.54, 1.807) is 23.9 Å². The zero-order valence-corrected chi connectivity index (χ0v) is 15.2. The topological polar surface area (TPSA) is 60.9 Å². The third-order valence-corrected chi connectivity index (χ3v) is 4.64. The minimum Gasteiger partial charge on any atom is -0.350 e. The molecule has 0 unspecified atom stereocenters. The van der Waals surface area contributed by atoms with Gasteiger partial charge in [-0.05, 0) is 29.7 Å². The zero-order valence-electron chi connectivity index (χ0n) is 15.2. The third kappa shape index (κ3) is 3.03. The number of rotatable bonds is 3. The van der Waals surface area contributed by atoms with Crippen molar-refractivity contribution in [3.63, 3.8) is 0 Å². The van der Waals surface area contributed by atoms with Crippen molar-refractivity contribution >= 4 is 10.9 Å². The van der Waals surface area contributed by atoms with Gasteiger partial charge in [0, 0.05) is 24.2 Å². The number of hydrogen-bond donors (Lipinski definition) is 0. The zero-order chi connectivity index (χ0) is 19.1. The highest BCUT2D eigenvalue weighted by Gasteiger charge is 2.17. The molecule has 4 rings (SSSR count). The van der Waals surface area contributed by atoms with Crippen LogP contribution in [0.25, 0.3) is 33.7 Å². The summed E-state index contributed by atoms with van der Waals surface area (Å²) in [6.07, 6.45) is 1.63. The van der Waals surface area contributed by atoms with Crippen LogP contribution in [0.5, 0.6) is 0 Å². The van der Waals surface area contributed by atoms with Crippen LogP contribution in [-0.2, 0) is 7.05 Å². The molecule has 0 aliphatic carbocycles. The van der Waals surface area contributed by atoms with Gasteiger partial charge in [0.25, 0.3) is 5.89 Å². The summed E-state index contributed by atoms with van der Waals surface area (Å²) in [5, 5.41) is 4.27. The predicted octanol–water partition coefficient (Wildman–Crippen LogP) is 4.52. The van der Waals surface area contributed by atoms with Gasteiger partial charge in [0.2, 0.25) is 11.3 Å². The first-order valence-electron chi connectivity index (χ1n) is 8.67. The normalized spacial score (nSPS) is 11.4. The van der Waals surface area contributed by atoms with E-state index in [-0.39, 0.29) is 22.3 Å². The van der Waals surface area contributed by atoms with Crippen LogP contribution < -0.4 is 5.43 Å². The van der Waals surface area contributed by atoms with E-state index >= 15 is 0 Å². The number of fused-ring (bicyclic) bond motifs is 1. The summed E-state index contributed by atoms with van der Waals surface area (Å²) in [4.78, 5) is 17.2. The summed E-state index contributed by atoms with van der Waals surface area (Å²) < 4.78 is 20.7. The van der Waals surface area contributed by atoms with Gasteiger partial charge in [-0.2, -0.15) is 4.98 Å². The van der Waals surface area contributed by atoms with Crippen LogP contribution in [-0.4, -0.2) is 14.7 Å². The first-order chi connectivity index (χ1) is 12.9. The molecule has 5 nitrogen and oxygen atoms in total. The van der Waals surface area contributed by atoms with Gasteiger partial charge in [-0.3, -0.25) is 4.79 Å². The van der Waals surface area contributed by atoms with Gasteiger partial charge in [0.1, 0.15) is 11.4 Å². The molecule has 0 fully saturated rings. The molecule has 0 aliphatic heterocycles. The van der Waals surface area contributed by atoms with Crippen LogP contribution in [0.15, 0.2) is 58.0 Å². The molecule has 0 radical (unpaired) electrons. The molecule has 0 aliphatic rings. The molecule has 0 spiro atoms. The molecule has 2 aromatic heterocycles. The molecule has 27 heavy (non-hydrogen) atoms. The van der Waals surface area contributed by atoms with E-state index in [0.29, 0.717) is 17.3 Å². The molecule has 4 aromatic rings. The Hall–Kier alpha value is -3.28. The van der Waals surface area contributed by atoms with Crippen molar-refractivity contribution in [3.05, 3.63) is 70.3 Å². The van der Waals surface area contributed by atoms with Crippen molar-refractivity contribution < 1.29 is 8.91 Å². The summed E-state index contributed by atoms with van der Waals surface area (Å²) in [5.74, 6) is 0.487. The number of hydrogen-bond acceptors (Lipinski definition) is 4. The lowest BCUT2D eigenvalue weighted by molar-refractivity contribution is 0.432.